The van der Waals surface area contributed by atoms with Gasteiger partial charge in [-0.1, -0.05) is 0 Å². The van der Waals surface area contributed by atoms with Crippen molar-refractivity contribution in [3.63, 3.8) is 0 Å². The maximum Gasteiger partial charge on any atom is 0.238 e. The number of sulfonamides is 1. The molecule has 9 heteroatoms. The minimum Gasteiger partial charge on any atom is -0.508 e. The van der Waals surface area contributed by atoms with E-state index in [4.69, 9.17) is 5.14 Å². The minimum absolute atomic E-state index is 0.0159. The van der Waals surface area contributed by atoms with Crippen molar-refractivity contribution in [2.75, 3.05) is 5.32 Å². The molecule has 0 aliphatic rings. The average Bonchev–Trinajstić information content (AvgIpc) is 2.97. The molecule has 0 amide bonds. The molecule has 0 unspecified atom stereocenters. The second kappa shape index (κ2) is 6.11. The number of nitrogens with one attached hydrogen (secondary N) is 1. The van der Waals surface area contributed by atoms with Gasteiger partial charge in [0.2, 0.25) is 10.0 Å². The molecule has 1 heterocycles. The Bertz CT molecular complexity index is 982. The smallest absolute Gasteiger partial charge is 0.238 e. The lowest BCUT2D eigenvalue weighted by Gasteiger charge is -2.04. The lowest BCUT2D eigenvalue weighted by atomic mass is 10.1. The maximum atomic E-state index is 11.2. The molecule has 1 aromatic heterocycles. The number of phenolic OH excluding ortho intramolecular Hbond substituents is 2. The van der Waals surface area contributed by atoms with Crippen LogP contribution in [0, 0.1) is 0 Å². The van der Waals surface area contributed by atoms with E-state index in [1.807, 2.05) is 0 Å². The van der Waals surface area contributed by atoms with E-state index in [2.05, 4.69) is 10.3 Å². The monoisotopic (exact) mass is 363 g/mol. The fourth-order valence-electron chi connectivity index (χ4n) is 2.04. The predicted octanol–water partition coefficient (Wildman–Crippen LogP) is 2.61. The Morgan fingerprint density at radius 2 is 1.79 bits per heavy atom. The third-order valence-electron chi connectivity index (χ3n) is 3.19. The van der Waals surface area contributed by atoms with Gasteiger partial charge in [-0.05, 0) is 42.5 Å². The highest BCUT2D eigenvalue weighted by Crippen LogP contribution is 2.34. The zero-order valence-corrected chi connectivity index (χ0v) is 13.8. The summed E-state index contributed by atoms with van der Waals surface area (Å²) in [5.41, 5.74) is 1.57. The van der Waals surface area contributed by atoms with Crippen LogP contribution in [0.5, 0.6) is 11.5 Å². The van der Waals surface area contributed by atoms with E-state index in [9.17, 15) is 18.6 Å². The average molecular weight is 363 g/mol. The van der Waals surface area contributed by atoms with Crippen molar-refractivity contribution in [2.24, 2.45) is 5.14 Å². The Hall–Kier alpha value is -2.62. The van der Waals surface area contributed by atoms with Crippen LogP contribution in [0.3, 0.4) is 0 Å². The first-order chi connectivity index (χ1) is 11.3. The topological polar surface area (TPSA) is 126 Å². The fraction of sp³-hybridized carbons (Fsp3) is 0. The lowest BCUT2D eigenvalue weighted by molar-refractivity contribution is 0.462. The number of aromatic nitrogens is 1. The number of nitrogens with zero attached hydrogens (tertiary/aromatic N) is 1. The van der Waals surface area contributed by atoms with Crippen molar-refractivity contribution < 1.29 is 18.6 Å². The molecule has 0 bridgehead atoms. The van der Waals surface area contributed by atoms with E-state index in [0.29, 0.717) is 22.1 Å². The van der Waals surface area contributed by atoms with Crippen LogP contribution < -0.4 is 10.5 Å². The quantitative estimate of drug-likeness (QED) is 0.528. The normalized spacial score (nSPS) is 11.4. The molecule has 0 aliphatic carbocycles. The van der Waals surface area contributed by atoms with Gasteiger partial charge in [-0.2, -0.15) is 0 Å². The van der Waals surface area contributed by atoms with Crippen LogP contribution in [-0.2, 0) is 10.0 Å². The zero-order chi connectivity index (χ0) is 17.3. The Kier molecular flexibility index (Phi) is 4.14. The van der Waals surface area contributed by atoms with Crippen molar-refractivity contribution in [1.82, 2.24) is 4.98 Å². The largest absolute Gasteiger partial charge is 0.508 e. The van der Waals surface area contributed by atoms with Gasteiger partial charge in [-0.15, -0.1) is 11.3 Å². The molecule has 7 nitrogen and oxygen atoms in total. The first-order valence-corrected chi connectivity index (χ1v) is 9.13. The third kappa shape index (κ3) is 3.48. The Labute approximate surface area is 142 Å². The van der Waals surface area contributed by atoms with Crippen molar-refractivity contribution >= 4 is 32.2 Å². The fourth-order valence-corrected chi connectivity index (χ4v) is 3.28. The van der Waals surface area contributed by atoms with Crippen molar-refractivity contribution in [3.05, 3.63) is 47.8 Å². The SMILES string of the molecule is NS(=O)(=O)c1ccc(Nc2nc(-c3cc(O)ccc3O)cs2)cc1. The molecule has 5 N–H and O–H groups in total. The van der Waals surface area contributed by atoms with E-state index in [0.717, 1.165) is 0 Å². The molecule has 3 aromatic rings. The van der Waals surface area contributed by atoms with Crippen molar-refractivity contribution in [1.29, 1.82) is 0 Å². The van der Waals surface area contributed by atoms with E-state index in [-0.39, 0.29) is 16.4 Å². The molecule has 0 atom stereocenters. The van der Waals surface area contributed by atoms with Gasteiger partial charge in [0.05, 0.1) is 10.6 Å². The summed E-state index contributed by atoms with van der Waals surface area (Å²) in [6.45, 7) is 0. The van der Waals surface area contributed by atoms with E-state index in [1.54, 1.807) is 17.5 Å². The summed E-state index contributed by atoms with van der Waals surface area (Å²) in [4.78, 5) is 4.37. The van der Waals surface area contributed by atoms with Crippen LogP contribution in [0.25, 0.3) is 11.3 Å². The first-order valence-electron chi connectivity index (χ1n) is 6.71. The van der Waals surface area contributed by atoms with Gasteiger partial charge in [0, 0.05) is 16.6 Å². The summed E-state index contributed by atoms with van der Waals surface area (Å²) in [5, 5.41) is 29.7. The molecule has 0 fully saturated rings. The molecule has 124 valence electrons. The van der Waals surface area contributed by atoms with Gasteiger partial charge in [-0.25, -0.2) is 18.5 Å². The molecular weight excluding hydrogens is 350 g/mol. The van der Waals surface area contributed by atoms with Gasteiger partial charge >= 0.3 is 0 Å². The number of phenols is 2. The van der Waals surface area contributed by atoms with Gasteiger partial charge in [0.25, 0.3) is 0 Å². The Balaban J connectivity index is 1.83. The van der Waals surface area contributed by atoms with Crippen molar-refractivity contribution in [2.45, 2.75) is 4.90 Å². The highest BCUT2D eigenvalue weighted by molar-refractivity contribution is 7.89. The molecule has 0 aliphatic heterocycles. The van der Waals surface area contributed by atoms with E-state index >= 15 is 0 Å². The zero-order valence-electron chi connectivity index (χ0n) is 12.2. The van der Waals surface area contributed by atoms with Gasteiger partial charge in [-0.3, -0.25) is 0 Å². The number of nitrogens with two attached hydrogens (primary N) is 1. The van der Waals surface area contributed by atoms with Crippen molar-refractivity contribution in [3.8, 4) is 22.8 Å². The summed E-state index contributed by atoms with van der Waals surface area (Å²) in [7, 11) is -3.73. The van der Waals surface area contributed by atoms with Crippen LogP contribution in [0.15, 0.2) is 52.7 Å². The molecule has 3 rings (SSSR count). The third-order valence-corrected chi connectivity index (χ3v) is 4.88. The summed E-state index contributed by atoms with van der Waals surface area (Å²) in [6, 6.07) is 10.1. The van der Waals surface area contributed by atoms with Gasteiger partial charge in [0.1, 0.15) is 11.5 Å². The Morgan fingerprint density at radius 1 is 1.08 bits per heavy atom. The number of hydrogen-bond acceptors (Lipinski definition) is 7. The Morgan fingerprint density at radius 3 is 2.46 bits per heavy atom. The molecule has 24 heavy (non-hydrogen) atoms. The van der Waals surface area contributed by atoms with Crippen LogP contribution in [0.1, 0.15) is 0 Å². The maximum absolute atomic E-state index is 11.2. The molecule has 0 saturated carbocycles. The minimum atomic E-state index is -3.73. The second-order valence-electron chi connectivity index (χ2n) is 4.93. The molecular formula is C15H13N3O4S2. The highest BCUT2D eigenvalue weighted by atomic mass is 32.2. The van der Waals surface area contributed by atoms with Crippen LogP contribution >= 0.6 is 11.3 Å². The molecule has 0 spiro atoms. The van der Waals surface area contributed by atoms with Gasteiger partial charge in [0.15, 0.2) is 5.13 Å². The summed E-state index contributed by atoms with van der Waals surface area (Å²) in [6.07, 6.45) is 0. The summed E-state index contributed by atoms with van der Waals surface area (Å²) in [5.74, 6) is 0.0473. The number of thiazole rings is 1. The molecule has 0 saturated heterocycles. The van der Waals surface area contributed by atoms with E-state index in [1.165, 1.54) is 41.7 Å². The van der Waals surface area contributed by atoms with Crippen LogP contribution in [-0.4, -0.2) is 23.6 Å². The number of aromatic hydroxyl groups is 2. The molecule has 0 radical (unpaired) electrons. The number of hydrogen-bond donors (Lipinski definition) is 4. The number of anilines is 2. The highest BCUT2D eigenvalue weighted by Gasteiger charge is 2.11. The first kappa shape index (κ1) is 16.2. The number of benzene rings is 2. The second-order valence-corrected chi connectivity index (χ2v) is 7.35. The van der Waals surface area contributed by atoms with Crippen LogP contribution in [0.4, 0.5) is 10.8 Å². The predicted molar refractivity (Wildman–Crippen MR) is 92.0 cm³/mol. The molecule has 2 aromatic carbocycles. The lowest BCUT2D eigenvalue weighted by Crippen LogP contribution is -2.11. The van der Waals surface area contributed by atoms with Crippen LogP contribution in [0.2, 0.25) is 0 Å². The number of rotatable bonds is 4. The van der Waals surface area contributed by atoms with E-state index < -0.39 is 10.0 Å². The van der Waals surface area contributed by atoms with Gasteiger partial charge < -0.3 is 15.5 Å². The number of primary sulfonamides is 1. The summed E-state index contributed by atoms with van der Waals surface area (Å²) < 4.78 is 22.5. The standard InChI is InChI=1S/C15H13N3O4S2/c16-24(21,22)11-4-1-9(2-5-11)17-15-18-13(8-23-15)12-7-10(19)3-6-14(12)20/h1-8,19-20H,(H,17,18)(H2,16,21,22). The summed E-state index contributed by atoms with van der Waals surface area (Å²) >= 11 is 1.31.